The highest BCUT2D eigenvalue weighted by Crippen LogP contribution is 2.25. The monoisotopic (exact) mass is 274 g/mol. The van der Waals surface area contributed by atoms with Crippen molar-refractivity contribution >= 4 is 17.5 Å². The smallest absolute Gasteiger partial charge is 0.339 e. The molecule has 2 aromatic rings. The van der Waals surface area contributed by atoms with Gasteiger partial charge in [-0.25, -0.2) is 14.2 Å². The minimum absolute atomic E-state index is 0.160. The molecular formula is C15H15FN2O2. The molecule has 0 bridgehead atoms. The number of anilines is 2. The van der Waals surface area contributed by atoms with E-state index in [9.17, 15) is 9.18 Å². The molecule has 4 nitrogen and oxygen atoms in total. The van der Waals surface area contributed by atoms with Crippen molar-refractivity contribution in [2.45, 2.75) is 13.3 Å². The summed E-state index contributed by atoms with van der Waals surface area (Å²) in [5, 5.41) is 9.13. The average molecular weight is 274 g/mol. The van der Waals surface area contributed by atoms with Crippen molar-refractivity contribution in [1.82, 2.24) is 4.98 Å². The molecule has 0 fully saturated rings. The van der Waals surface area contributed by atoms with E-state index in [2.05, 4.69) is 11.9 Å². The van der Waals surface area contributed by atoms with Gasteiger partial charge in [-0.1, -0.05) is 19.1 Å². The first kappa shape index (κ1) is 14.0. The number of carbonyl (C=O) groups is 1. The largest absolute Gasteiger partial charge is 0.478 e. The van der Waals surface area contributed by atoms with Gasteiger partial charge in [0.05, 0.1) is 6.20 Å². The Morgan fingerprint density at radius 3 is 2.55 bits per heavy atom. The summed E-state index contributed by atoms with van der Waals surface area (Å²) in [6.07, 6.45) is 1.94. The molecular weight excluding hydrogens is 259 g/mol. The maximum atomic E-state index is 13.1. The fourth-order valence-electron chi connectivity index (χ4n) is 1.93. The number of hydrogen-bond acceptors (Lipinski definition) is 3. The third-order valence-corrected chi connectivity index (χ3v) is 3.11. The molecule has 1 aromatic heterocycles. The summed E-state index contributed by atoms with van der Waals surface area (Å²) in [5.74, 6) is -1.66. The van der Waals surface area contributed by atoms with Crippen LogP contribution < -0.4 is 4.90 Å². The van der Waals surface area contributed by atoms with Crippen LogP contribution in [0.15, 0.2) is 36.5 Å². The molecule has 20 heavy (non-hydrogen) atoms. The van der Waals surface area contributed by atoms with E-state index in [0.29, 0.717) is 0 Å². The molecule has 0 atom stereocenters. The predicted molar refractivity (Wildman–Crippen MR) is 75.0 cm³/mol. The van der Waals surface area contributed by atoms with Gasteiger partial charge in [-0.05, 0) is 30.2 Å². The standard InChI is InChI=1S/C15H15FN2O2/c1-3-10-4-6-12(7-5-10)18(2)14-13(15(19)20)8-11(16)9-17-14/h4-9H,3H2,1-2H3,(H,19,20). The number of aromatic nitrogens is 1. The lowest BCUT2D eigenvalue weighted by Crippen LogP contribution is -2.16. The van der Waals surface area contributed by atoms with E-state index in [1.165, 1.54) is 5.56 Å². The van der Waals surface area contributed by atoms with Gasteiger partial charge in [-0.2, -0.15) is 0 Å². The van der Waals surface area contributed by atoms with Gasteiger partial charge in [-0.3, -0.25) is 0 Å². The Morgan fingerprint density at radius 2 is 2.00 bits per heavy atom. The number of aryl methyl sites for hydroxylation is 1. The average Bonchev–Trinajstić information content (AvgIpc) is 2.46. The number of benzene rings is 1. The predicted octanol–water partition coefficient (Wildman–Crippen LogP) is 3.25. The Labute approximate surface area is 116 Å². The van der Waals surface area contributed by atoms with E-state index in [1.54, 1.807) is 11.9 Å². The van der Waals surface area contributed by atoms with Gasteiger partial charge in [0.1, 0.15) is 17.2 Å². The van der Waals surface area contributed by atoms with Crippen LogP contribution in [0.1, 0.15) is 22.8 Å². The molecule has 0 radical (unpaired) electrons. The van der Waals surface area contributed by atoms with Crippen LogP contribution in [0.2, 0.25) is 0 Å². The maximum absolute atomic E-state index is 13.1. The van der Waals surface area contributed by atoms with E-state index in [4.69, 9.17) is 5.11 Å². The summed E-state index contributed by atoms with van der Waals surface area (Å²) in [7, 11) is 1.70. The molecule has 0 saturated carbocycles. The molecule has 2 rings (SSSR count). The molecule has 0 unspecified atom stereocenters. The topological polar surface area (TPSA) is 53.4 Å². The fraction of sp³-hybridized carbons (Fsp3) is 0.200. The van der Waals surface area contributed by atoms with Crippen LogP contribution in [0.3, 0.4) is 0 Å². The Balaban J connectivity index is 2.41. The zero-order valence-corrected chi connectivity index (χ0v) is 11.3. The third kappa shape index (κ3) is 2.77. The lowest BCUT2D eigenvalue weighted by atomic mass is 10.1. The zero-order chi connectivity index (χ0) is 14.7. The Bertz CT molecular complexity index is 626. The van der Waals surface area contributed by atoms with Crippen LogP contribution in [0, 0.1) is 5.82 Å². The van der Waals surface area contributed by atoms with Crippen molar-refractivity contribution < 1.29 is 14.3 Å². The highest BCUT2D eigenvalue weighted by molar-refractivity contribution is 5.94. The SMILES string of the molecule is CCc1ccc(N(C)c2ncc(F)cc2C(=O)O)cc1. The summed E-state index contributed by atoms with van der Waals surface area (Å²) in [6.45, 7) is 2.06. The number of aromatic carboxylic acids is 1. The molecule has 0 spiro atoms. The van der Waals surface area contributed by atoms with Gasteiger partial charge in [0.2, 0.25) is 0 Å². The number of carboxylic acid groups (broad SMARTS) is 1. The van der Waals surface area contributed by atoms with Crippen molar-refractivity contribution in [1.29, 1.82) is 0 Å². The molecule has 0 amide bonds. The van der Waals surface area contributed by atoms with Crippen LogP contribution in [-0.4, -0.2) is 23.1 Å². The summed E-state index contributed by atoms with van der Waals surface area (Å²) in [4.78, 5) is 16.7. The Hall–Kier alpha value is -2.43. The quantitative estimate of drug-likeness (QED) is 0.929. The first-order valence-electron chi connectivity index (χ1n) is 6.24. The fourth-order valence-corrected chi connectivity index (χ4v) is 1.93. The molecule has 0 aliphatic carbocycles. The van der Waals surface area contributed by atoms with Crippen molar-refractivity contribution in [3.05, 3.63) is 53.5 Å². The van der Waals surface area contributed by atoms with E-state index in [1.807, 2.05) is 24.3 Å². The molecule has 5 heteroatoms. The summed E-state index contributed by atoms with van der Waals surface area (Å²) in [6, 6.07) is 8.68. The van der Waals surface area contributed by atoms with Crippen molar-refractivity contribution in [3.63, 3.8) is 0 Å². The first-order valence-corrected chi connectivity index (χ1v) is 6.24. The zero-order valence-electron chi connectivity index (χ0n) is 11.3. The molecule has 1 heterocycles. The Morgan fingerprint density at radius 1 is 1.35 bits per heavy atom. The second-order valence-electron chi connectivity index (χ2n) is 4.41. The van der Waals surface area contributed by atoms with Gasteiger partial charge in [-0.15, -0.1) is 0 Å². The molecule has 0 aliphatic heterocycles. The molecule has 1 N–H and O–H groups in total. The first-order chi connectivity index (χ1) is 9.52. The number of hydrogen-bond donors (Lipinski definition) is 1. The van der Waals surface area contributed by atoms with Crippen molar-refractivity contribution in [2.24, 2.45) is 0 Å². The minimum atomic E-state index is -1.20. The van der Waals surface area contributed by atoms with E-state index < -0.39 is 11.8 Å². The summed E-state index contributed by atoms with van der Waals surface area (Å²) >= 11 is 0. The van der Waals surface area contributed by atoms with Gasteiger partial charge in [0.15, 0.2) is 0 Å². The highest BCUT2D eigenvalue weighted by Gasteiger charge is 2.17. The number of pyridine rings is 1. The summed E-state index contributed by atoms with van der Waals surface area (Å²) < 4.78 is 13.1. The van der Waals surface area contributed by atoms with Gasteiger partial charge < -0.3 is 10.0 Å². The normalized spacial score (nSPS) is 10.3. The molecule has 104 valence electrons. The van der Waals surface area contributed by atoms with Crippen LogP contribution in [0.25, 0.3) is 0 Å². The van der Waals surface area contributed by atoms with E-state index >= 15 is 0 Å². The minimum Gasteiger partial charge on any atom is -0.478 e. The third-order valence-electron chi connectivity index (χ3n) is 3.11. The lowest BCUT2D eigenvalue weighted by molar-refractivity contribution is 0.0696. The van der Waals surface area contributed by atoms with Crippen LogP contribution in [0.5, 0.6) is 0 Å². The van der Waals surface area contributed by atoms with E-state index in [-0.39, 0.29) is 11.4 Å². The van der Waals surface area contributed by atoms with Crippen LogP contribution in [-0.2, 0) is 6.42 Å². The van der Waals surface area contributed by atoms with Crippen molar-refractivity contribution in [3.8, 4) is 0 Å². The second-order valence-corrected chi connectivity index (χ2v) is 4.41. The second kappa shape index (κ2) is 5.69. The molecule has 0 aliphatic rings. The van der Waals surface area contributed by atoms with Gasteiger partial charge in [0.25, 0.3) is 0 Å². The molecule has 0 saturated heterocycles. The molecule has 1 aromatic carbocycles. The van der Waals surface area contributed by atoms with Crippen molar-refractivity contribution in [2.75, 3.05) is 11.9 Å². The number of nitrogens with zero attached hydrogens (tertiary/aromatic N) is 2. The van der Waals surface area contributed by atoms with Gasteiger partial charge >= 0.3 is 5.97 Å². The number of carboxylic acids is 1. The van der Waals surface area contributed by atoms with E-state index in [0.717, 1.165) is 24.4 Å². The van der Waals surface area contributed by atoms with Crippen LogP contribution in [0.4, 0.5) is 15.9 Å². The number of rotatable bonds is 4. The van der Waals surface area contributed by atoms with Gasteiger partial charge in [0, 0.05) is 12.7 Å². The highest BCUT2D eigenvalue weighted by atomic mass is 19.1. The summed E-state index contributed by atoms with van der Waals surface area (Å²) in [5.41, 5.74) is 1.82. The number of halogens is 1. The maximum Gasteiger partial charge on any atom is 0.339 e. The Kier molecular flexibility index (Phi) is 3.98. The lowest BCUT2D eigenvalue weighted by Gasteiger charge is -2.20. The van der Waals surface area contributed by atoms with Crippen LogP contribution >= 0.6 is 0 Å².